The van der Waals surface area contributed by atoms with Gasteiger partial charge in [-0.3, -0.25) is 4.79 Å². The van der Waals surface area contributed by atoms with Gasteiger partial charge >= 0.3 is 0 Å². The molecule has 3 rings (SSSR count). The molecule has 1 aliphatic carbocycles. The van der Waals surface area contributed by atoms with Gasteiger partial charge < -0.3 is 14.7 Å². The molecule has 0 aromatic carbocycles. The van der Waals surface area contributed by atoms with Gasteiger partial charge in [0.2, 0.25) is 0 Å². The zero-order valence-corrected chi connectivity index (χ0v) is 13.2. The van der Waals surface area contributed by atoms with Crippen LogP contribution in [0.2, 0.25) is 0 Å². The van der Waals surface area contributed by atoms with Gasteiger partial charge in [0.15, 0.2) is 0 Å². The third-order valence-electron chi connectivity index (χ3n) is 5.74. The van der Waals surface area contributed by atoms with E-state index in [0.29, 0.717) is 12.5 Å². The SMILES string of the molecule is CC1CCOC1C(=O)N1CCCCC1C1CCCCC1O. The molecule has 1 N–H and O–H groups in total. The second-order valence-electron chi connectivity index (χ2n) is 7.17. The van der Waals surface area contributed by atoms with Crippen LogP contribution in [0.4, 0.5) is 0 Å². The highest BCUT2D eigenvalue weighted by molar-refractivity contribution is 5.82. The van der Waals surface area contributed by atoms with E-state index in [2.05, 4.69) is 11.8 Å². The van der Waals surface area contributed by atoms with Gasteiger partial charge in [-0.25, -0.2) is 0 Å². The first-order valence-electron chi connectivity index (χ1n) is 8.78. The number of piperidine rings is 1. The number of aliphatic hydroxyl groups is 1. The van der Waals surface area contributed by atoms with Crippen molar-refractivity contribution in [3.63, 3.8) is 0 Å². The highest BCUT2D eigenvalue weighted by atomic mass is 16.5. The summed E-state index contributed by atoms with van der Waals surface area (Å²) in [5, 5.41) is 10.4. The van der Waals surface area contributed by atoms with Gasteiger partial charge in [0, 0.05) is 25.1 Å². The van der Waals surface area contributed by atoms with Crippen molar-refractivity contribution in [3.8, 4) is 0 Å². The van der Waals surface area contributed by atoms with E-state index in [9.17, 15) is 9.90 Å². The molecule has 4 nitrogen and oxygen atoms in total. The second-order valence-corrected chi connectivity index (χ2v) is 7.17. The molecule has 2 saturated heterocycles. The van der Waals surface area contributed by atoms with Crippen LogP contribution < -0.4 is 0 Å². The van der Waals surface area contributed by atoms with Crippen LogP contribution in [-0.2, 0) is 9.53 Å². The normalized spacial score (nSPS) is 41.2. The first-order valence-corrected chi connectivity index (χ1v) is 8.78. The summed E-state index contributed by atoms with van der Waals surface area (Å²) >= 11 is 0. The Balaban J connectivity index is 1.73. The number of aliphatic hydroxyl groups excluding tert-OH is 1. The van der Waals surface area contributed by atoms with Crippen molar-refractivity contribution < 1.29 is 14.6 Å². The van der Waals surface area contributed by atoms with E-state index in [0.717, 1.165) is 45.1 Å². The highest BCUT2D eigenvalue weighted by Gasteiger charge is 2.41. The molecular weight excluding hydrogens is 266 g/mol. The van der Waals surface area contributed by atoms with Crippen molar-refractivity contribution in [3.05, 3.63) is 0 Å². The summed E-state index contributed by atoms with van der Waals surface area (Å²) < 4.78 is 5.69. The van der Waals surface area contributed by atoms with Crippen LogP contribution >= 0.6 is 0 Å². The Morgan fingerprint density at radius 1 is 1.10 bits per heavy atom. The molecule has 3 aliphatic rings. The Morgan fingerprint density at radius 2 is 1.86 bits per heavy atom. The van der Waals surface area contributed by atoms with Crippen molar-refractivity contribution in [2.75, 3.05) is 13.2 Å². The lowest BCUT2D eigenvalue weighted by molar-refractivity contribution is -0.149. The fraction of sp³-hybridized carbons (Fsp3) is 0.941. The summed E-state index contributed by atoms with van der Waals surface area (Å²) in [7, 11) is 0. The summed E-state index contributed by atoms with van der Waals surface area (Å²) in [6.07, 6.45) is 8.12. The van der Waals surface area contributed by atoms with Gasteiger partial charge in [0.25, 0.3) is 5.91 Å². The van der Waals surface area contributed by atoms with Crippen molar-refractivity contribution in [1.82, 2.24) is 4.90 Å². The van der Waals surface area contributed by atoms with Crippen LogP contribution in [-0.4, -0.2) is 47.3 Å². The number of carbonyl (C=O) groups excluding carboxylic acids is 1. The number of carbonyl (C=O) groups is 1. The Morgan fingerprint density at radius 3 is 2.57 bits per heavy atom. The average Bonchev–Trinajstić information content (AvgIpc) is 2.93. The molecule has 0 radical (unpaired) electrons. The molecule has 5 atom stereocenters. The maximum atomic E-state index is 12.9. The zero-order chi connectivity index (χ0) is 14.8. The molecule has 4 heteroatoms. The molecule has 2 heterocycles. The summed E-state index contributed by atoms with van der Waals surface area (Å²) in [6, 6.07) is 0.234. The number of rotatable bonds is 2. The Labute approximate surface area is 127 Å². The Kier molecular flexibility index (Phi) is 4.85. The molecule has 3 fully saturated rings. The predicted molar refractivity (Wildman–Crippen MR) is 80.8 cm³/mol. The summed E-state index contributed by atoms with van der Waals surface area (Å²) in [6.45, 7) is 3.67. The minimum Gasteiger partial charge on any atom is -0.393 e. The van der Waals surface area contributed by atoms with Gasteiger partial charge in [0.1, 0.15) is 6.10 Å². The zero-order valence-electron chi connectivity index (χ0n) is 13.2. The maximum Gasteiger partial charge on any atom is 0.252 e. The molecule has 0 bridgehead atoms. The number of amides is 1. The molecule has 2 aliphatic heterocycles. The van der Waals surface area contributed by atoms with Gasteiger partial charge in [-0.2, -0.15) is 0 Å². The molecule has 1 saturated carbocycles. The van der Waals surface area contributed by atoms with E-state index in [1.54, 1.807) is 0 Å². The number of likely N-dealkylation sites (tertiary alicyclic amines) is 1. The molecule has 0 spiro atoms. The van der Waals surface area contributed by atoms with Crippen LogP contribution in [0.5, 0.6) is 0 Å². The van der Waals surface area contributed by atoms with Gasteiger partial charge in [-0.1, -0.05) is 19.8 Å². The van der Waals surface area contributed by atoms with E-state index in [-0.39, 0.29) is 30.1 Å². The average molecular weight is 295 g/mol. The van der Waals surface area contributed by atoms with E-state index in [4.69, 9.17) is 4.74 Å². The fourth-order valence-electron chi connectivity index (χ4n) is 4.44. The quantitative estimate of drug-likeness (QED) is 0.850. The number of ether oxygens (including phenoxy) is 1. The molecule has 1 amide bonds. The van der Waals surface area contributed by atoms with Gasteiger partial charge in [-0.05, 0) is 44.4 Å². The minimum atomic E-state index is -0.244. The largest absolute Gasteiger partial charge is 0.393 e. The van der Waals surface area contributed by atoms with Crippen LogP contribution in [0.3, 0.4) is 0 Å². The molecule has 5 unspecified atom stereocenters. The van der Waals surface area contributed by atoms with Crippen molar-refractivity contribution >= 4 is 5.91 Å². The number of nitrogens with zero attached hydrogens (tertiary/aromatic N) is 1. The van der Waals surface area contributed by atoms with E-state index in [1.807, 2.05) is 0 Å². The molecule has 21 heavy (non-hydrogen) atoms. The monoisotopic (exact) mass is 295 g/mol. The highest BCUT2D eigenvalue weighted by Crippen LogP contribution is 2.35. The fourth-order valence-corrected chi connectivity index (χ4v) is 4.44. The van der Waals surface area contributed by atoms with E-state index < -0.39 is 0 Å². The minimum absolute atomic E-state index is 0.183. The molecular formula is C17H29NO3. The Bertz CT molecular complexity index is 373. The third kappa shape index (κ3) is 3.11. The van der Waals surface area contributed by atoms with Crippen molar-refractivity contribution in [2.24, 2.45) is 11.8 Å². The molecule has 0 aromatic rings. The lowest BCUT2D eigenvalue weighted by atomic mass is 9.77. The standard InChI is InChI=1S/C17H29NO3/c1-12-9-11-21-16(12)17(20)18-10-5-4-7-14(18)13-6-2-3-8-15(13)19/h12-16,19H,2-11H2,1H3. The predicted octanol–water partition coefficient (Wildman–Crippen LogP) is 2.34. The lowest BCUT2D eigenvalue weighted by Crippen LogP contribution is -2.54. The van der Waals surface area contributed by atoms with Crippen LogP contribution in [0.1, 0.15) is 58.3 Å². The van der Waals surface area contributed by atoms with Crippen molar-refractivity contribution in [2.45, 2.75) is 76.5 Å². The first-order chi connectivity index (χ1) is 10.2. The molecule has 0 aromatic heterocycles. The number of hydrogen-bond acceptors (Lipinski definition) is 3. The lowest BCUT2D eigenvalue weighted by Gasteiger charge is -2.44. The van der Waals surface area contributed by atoms with Crippen LogP contribution in [0.25, 0.3) is 0 Å². The summed E-state index contributed by atoms with van der Waals surface area (Å²) in [5.74, 6) is 0.790. The molecule has 120 valence electrons. The van der Waals surface area contributed by atoms with Gasteiger partial charge in [-0.15, -0.1) is 0 Å². The smallest absolute Gasteiger partial charge is 0.252 e. The van der Waals surface area contributed by atoms with Crippen LogP contribution in [0.15, 0.2) is 0 Å². The van der Waals surface area contributed by atoms with E-state index in [1.165, 1.54) is 12.8 Å². The van der Waals surface area contributed by atoms with Crippen LogP contribution in [0, 0.1) is 11.8 Å². The topological polar surface area (TPSA) is 49.8 Å². The number of hydrogen-bond donors (Lipinski definition) is 1. The summed E-state index contributed by atoms with van der Waals surface area (Å²) in [4.78, 5) is 15.0. The second kappa shape index (κ2) is 6.66. The first kappa shape index (κ1) is 15.3. The van der Waals surface area contributed by atoms with Crippen molar-refractivity contribution in [1.29, 1.82) is 0 Å². The maximum absolute atomic E-state index is 12.9. The summed E-state index contributed by atoms with van der Waals surface area (Å²) in [5.41, 5.74) is 0. The Hall–Kier alpha value is -0.610. The third-order valence-corrected chi connectivity index (χ3v) is 5.74. The van der Waals surface area contributed by atoms with E-state index >= 15 is 0 Å². The van der Waals surface area contributed by atoms with Gasteiger partial charge in [0.05, 0.1) is 6.10 Å².